The molecule has 0 aliphatic carbocycles. The highest BCUT2D eigenvalue weighted by molar-refractivity contribution is 7.85. The van der Waals surface area contributed by atoms with Crippen LogP contribution in [0.5, 0.6) is 0 Å². The van der Waals surface area contributed by atoms with Crippen LogP contribution in [0.3, 0.4) is 0 Å². The van der Waals surface area contributed by atoms with Crippen LogP contribution in [0.25, 0.3) is 0 Å². The molecule has 0 aromatic heterocycles. The molecule has 3 N–H and O–H groups in total. The standard InChI is InChI=1S/C11H23NO2.C7H8O3S/c1-6-8(2)9(12)10(13)14-7-11(3,4)5;1-6-2-4-7(5-3-6)11(8,9)10/h8-9H,6-7,12H2,1-5H3;2-5H,1H3,(H,8,9,10)/t8-,9-;/m0./s1. The van der Waals surface area contributed by atoms with Crippen molar-refractivity contribution in [2.24, 2.45) is 17.1 Å². The second-order valence-corrected chi connectivity index (χ2v) is 8.79. The molecule has 0 spiro atoms. The predicted molar refractivity (Wildman–Crippen MR) is 98.8 cm³/mol. The molecule has 1 rings (SSSR count). The molecule has 144 valence electrons. The zero-order valence-electron chi connectivity index (χ0n) is 15.9. The molecule has 0 saturated carbocycles. The third kappa shape index (κ3) is 10.2. The molecule has 0 bridgehead atoms. The normalized spacial score (nSPS) is 14.1. The first kappa shape index (κ1) is 23.6. The fourth-order valence-electron chi connectivity index (χ4n) is 1.58. The molecule has 0 fully saturated rings. The quantitative estimate of drug-likeness (QED) is 0.606. The third-order valence-corrected chi connectivity index (χ3v) is 4.36. The highest BCUT2D eigenvalue weighted by Gasteiger charge is 2.22. The molecule has 0 radical (unpaired) electrons. The monoisotopic (exact) mass is 373 g/mol. The molecule has 6 nitrogen and oxygen atoms in total. The lowest BCUT2D eigenvalue weighted by atomic mass is 9.98. The summed E-state index contributed by atoms with van der Waals surface area (Å²) >= 11 is 0. The van der Waals surface area contributed by atoms with E-state index in [1.807, 2.05) is 41.5 Å². The van der Waals surface area contributed by atoms with Gasteiger partial charge in [-0.05, 0) is 30.4 Å². The first-order valence-corrected chi connectivity index (χ1v) is 9.68. The number of nitrogens with two attached hydrogens (primary N) is 1. The number of esters is 1. The van der Waals surface area contributed by atoms with Crippen LogP contribution in [0.15, 0.2) is 29.2 Å². The van der Waals surface area contributed by atoms with Crippen LogP contribution in [0.2, 0.25) is 0 Å². The lowest BCUT2D eigenvalue weighted by Crippen LogP contribution is -2.39. The van der Waals surface area contributed by atoms with Gasteiger partial charge in [0.15, 0.2) is 0 Å². The molecule has 0 heterocycles. The van der Waals surface area contributed by atoms with Crippen LogP contribution >= 0.6 is 0 Å². The molecular formula is C18H31NO5S. The fourth-order valence-corrected chi connectivity index (χ4v) is 2.06. The Hall–Kier alpha value is -1.44. The number of hydrogen-bond donors (Lipinski definition) is 2. The molecule has 7 heteroatoms. The number of ether oxygens (including phenoxy) is 1. The van der Waals surface area contributed by atoms with Crippen molar-refractivity contribution in [1.82, 2.24) is 0 Å². The van der Waals surface area contributed by atoms with Gasteiger partial charge in [-0.2, -0.15) is 8.42 Å². The van der Waals surface area contributed by atoms with Crippen molar-refractivity contribution in [3.8, 4) is 0 Å². The van der Waals surface area contributed by atoms with Gasteiger partial charge < -0.3 is 10.5 Å². The molecule has 0 saturated heterocycles. The van der Waals surface area contributed by atoms with Crippen molar-refractivity contribution in [2.45, 2.75) is 58.9 Å². The summed E-state index contributed by atoms with van der Waals surface area (Å²) in [6, 6.07) is 5.50. The topological polar surface area (TPSA) is 107 Å². The number of rotatable bonds is 5. The molecule has 25 heavy (non-hydrogen) atoms. The Labute approximate surface area is 151 Å². The molecule has 0 aliphatic rings. The van der Waals surface area contributed by atoms with Gasteiger partial charge in [-0.3, -0.25) is 9.35 Å². The third-order valence-electron chi connectivity index (χ3n) is 3.50. The molecule has 1 aromatic carbocycles. The predicted octanol–water partition coefficient (Wildman–Crippen LogP) is 3.19. The van der Waals surface area contributed by atoms with Gasteiger partial charge in [-0.1, -0.05) is 58.7 Å². The largest absolute Gasteiger partial charge is 0.464 e. The van der Waals surface area contributed by atoms with Crippen LogP contribution < -0.4 is 5.73 Å². The minimum Gasteiger partial charge on any atom is -0.464 e. The van der Waals surface area contributed by atoms with Gasteiger partial charge >= 0.3 is 5.97 Å². The van der Waals surface area contributed by atoms with Crippen LogP contribution in [-0.2, 0) is 19.6 Å². The average Bonchev–Trinajstić information content (AvgIpc) is 2.50. The maximum atomic E-state index is 11.4. The van der Waals surface area contributed by atoms with E-state index in [4.69, 9.17) is 15.0 Å². The Balaban J connectivity index is 0.000000472. The van der Waals surface area contributed by atoms with E-state index in [-0.39, 0.29) is 22.2 Å². The summed E-state index contributed by atoms with van der Waals surface area (Å²) < 4.78 is 34.7. The summed E-state index contributed by atoms with van der Waals surface area (Å²) in [5, 5.41) is 0. The zero-order valence-corrected chi connectivity index (χ0v) is 16.8. The average molecular weight is 374 g/mol. The Bertz CT molecular complexity index is 632. The Morgan fingerprint density at radius 1 is 1.24 bits per heavy atom. The second kappa shape index (κ2) is 9.89. The number of carbonyl (C=O) groups is 1. The van der Waals surface area contributed by atoms with Crippen molar-refractivity contribution in [2.75, 3.05) is 6.61 Å². The van der Waals surface area contributed by atoms with Crippen LogP contribution in [0, 0.1) is 18.3 Å². The van der Waals surface area contributed by atoms with E-state index in [1.54, 1.807) is 12.1 Å². The summed E-state index contributed by atoms with van der Waals surface area (Å²) in [7, 11) is -4.02. The van der Waals surface area contributed by atoms with Crippen molar-refractivity contribution >= 4 is 16.1 Å². The molecule has 0 amide bonds. The minimum atomic E-state index is -4.02. The van der Waals surface area contributed by atoms with Gasteiger partial charge in [0, 0.05) is 0 Å². The SMILES string of the molecule is CC[C@H](C)[C@H](N)C(=O)OCC(C)(C)C.Cc1ccc(S(=O)(=O)O)cc1. The molecule has 0 unspecified atom stereocenters. The van der Waals surface area contributed by atoms with Crippen molar-refractivity contribution in [1.29, 1.82) is 0 Å². The Kier molecular flexibility index (Phi) is 9.32. The Morgan fingerprint density at radius 3 is 2.08 bits per heavy atom. The fraction of sp³-hybridized carbons (Fsp3) is 0.611. The van der Waals surface area contributed by atoms with Crippen LogP contribution in [-0.4, -0.2) is 31.6 Å². The molecular weight excluding hydrogens is 342 g/mol. The van der Waals surface area contributed by atoms with Gasteiger partial charge in [0.25, 0.3) is 10.1 Å². The van der Waals surface area contributed by atoms with E-state index in [1.165, 1.54) is 12.1 Å². The number of aryl methyl sites for hydroxylation is 1. The number of benzene rings is 1. The van der Waals surface area contributed by atoms with Gasteiger partial charge in [0.2, 0.25) is 0 Å². The van der Waals surface area contributed by atoms with Crippen LogP contribution in [0.1, 0.15) is 46.6 Å². The van der Waals surface area contributed by atoms with E-state index in [0.29, 0.717) is 6.61 Å². The van der Waals surface area contributed by atoms with Gasteiger partial charge in [-0.25, -0.2) is 0 Å². The minimum absolute atomic E-state index is 0.00479. The lowest BCUT2D eigenvalue weighted by Gasteiger charge is -2.21. The smallest absolute Gasteiger partial charge is 0.323 e. The first-order valence-electron chi connectivity index (χ1n) is 8.24. The van der Waals surface area contributed by atoms with Crippen molar-refractivity contribution in [3.63, 3.8) is 0 Å². The summed E-state index contributed by atoms with van der Waals surface area (Å²) in [4.78, 5) is 11.4. The second-order valence-electron chi connectivity index (χ2n) is 7.37. The van der Waals surface area contributed by atoms with Crippen LogP contribution in [0.4, 0.5) is 0 Å². The maximum Gasteiger partial charge on any atom is 0.323 e. The van der Waals surface area contributed by atoms with Crippen molar-refractivity contribution < 1.29 is 22.5 Å². The molecule has 1 aromatic rings. The van der Waals surface area contributed by atoms with E-state index >= 15 is 0 Å². The highest BCUT2D eigenvalue weighted by Crippen LogP contribution is 2.14. The maximum absolute atomic E-state index is 11.4. The van der Waals surface area contributed by atoms with Gasteiger partial charge in [0.1, 0.15) is 6.04 Å². The zero-order chi connectivity index (χ0) is 19.8. The van der Waals surface area contributed by atoms with E-state index < -0.39 is 16.2 Å². The van der Waals surface area contributed by atoms with E-state index in [0.717, 1.165) is 12.0 Å². The summed E-state index contributed by atoms with van der Waals surface area (Å²) in [6.07, 6.45) is 0.895. The molecule has 0 aliphatic heterocycles. The number of hydrogen-bond acceptors (Lipinski definition) is 5. The van der Waals surface area contributed by atoms with Crippen molar-refractivity contribution in [3.05, 3.63) is 29.8 Å². The highest BCUT2D eigenvalue weighted by atomic mass is 32.2. The van der Waals surface area contributed by atoms with Gasteiger partial charge in [0.05, 0.1) is 11.5 Å². The van der Waals surface area contributed by atoms with E-state index in [9.17, 15) is 13.2 Å². The van der Waals surface area contributed by atoms with E-state index in [2.05, 4.69) is 0 Å². The number of carbonyl (C=O) groups excluding carboxylic acids is 1. The van der Waals surface area contributed by atoms with Gasteiger partial charge in [-0.15, -0.1) is 0 Å². The lowest BCUT2D eigenvalue weighted by molar-refractivity contribution is -0.149. The first-order chi connectivity index (χ1) is 11.3. The Morgan fingerprint density at radius 2 is 1.72 bits per heavy atom. The molecule has 2 atom stereocenters. The summed E-state index contributed by atoms with van der Waals surface area (Å²) in [5.41, 5.74) is 6.69. The summed E-state index contributed by atoms with van der Waals surface area (Å²) in [5.74, 6) is -0.100. The summed E-state index contributed by atoms with van der Waals surface area (Å²) in [6.45, 7) is 12.3.